The van der Waals surface area contributed by atoms with Gasteiger partial charge in [0, 0.05) is 12.1 Å². The summed E-state index contributed by atoms with van der Waals surface area (Å²) in [6.45, 7) is 4.55. The standard InChI is InChI=1S/C15H19NO5/c1-5-6-16-9-13(21-15(16)17)10-7-11(18-2)14(20-4)12(8-10)19-3/h5,7-8,13H,1,6,9H2,2-4H3. The molecule has 0 aromatic heterocycles. The SMILES string of the molecule is C=CCN1CC(c2cc(OC)c(OC)c(OC)c2)OC1=O. The van der Waals surface area contributed by atoms with Gasteiger partial charge in [0.15, 0.2) is 11.5 Å². The van der Waals surface area contributed by atoms with Crippen LogP contribution in [-0.2, 0) is 4.74 Å². The smallest absolute Gasteiger partial charge is 0.410 e. The van der Waals surface area contributed by atoms with Crippen molar-refractivity contribution in [2.24, 2.45) is 0 Å². The number of nitrogens with zero attached hydrogens (tertiary/aromatic N) is 1. The molecule has 6 nitrogen and oxygen atoms in total. The number of carbonyl (C=O) groups is 1. The van der Waals surface area contributed by atoms with E-state index in [2.05, 4.69) is 6.58 Å². The molecule has 0 saturated carbocycles. The van der Waals surface area contributed by atoms with Gasteiger partial charge in [-0.1, -0.05) is 6.08 Å². The van der Waals surface area contributed by atoms with Gasteiger partial charge in [-0.15, -0.1) is 6.58 Å². The molecule has 1 aliphatic heterocycles. The van der Waals surface area contributed by atoms with E-state index in [0.717, 1.165) is 5.56 Å². The molecule has 0 aliphatic carbocycles. The van der Waals surface area contributed by atoms with Crippen molar-refractivity contribution < 1.29 is 23.7 Å². The molecule has 2 rings (SSSR count). The number of hydrogen-bond donors (Lipinski definition) is 0. The molecule has 1 unspecified atom stereocenters. The van der Waals surface area contributed by atoms with E-state index in [1.54, 1.807) is 44.4 Å². The van der Waals surface area contributed by atoms with E-state index >= 15 is 0 Å². The normalized spacial score (nSPS) is 17.4. The quantitative estimate of drug-likeness (QED) is 0.754. The Morgan fingerprint density at radius 3 is 2.38 bits per heavy atom. The Labute approximate surface area is 123 Å². The summed E-state index contributed by atoms with van der Waals surface area (Å²) in [5.74, 6) is 1.58. The summed E-state index contributed by atoms with van der Waals surface area (Å²) in [4.78, 5) is 13.3. The van der Waals surface area contributed by atoms with Crippen LogP contribution >= 0.6 is 0 Å². The van der Waals surface area contributed by atoms with E-state index in [1.807, 2.05) is 0 Å². The van der Waals surface area contributed by atoms with Crippen LogP contribution in [0, 0.1) is 0 Å². The first-order valence-corrected chi connectivity index (χ1v) is 6.51. The van der Waals surface area contributed by atoms with Crippen LogP contribution in [-0.4, -0.2) is 45.4 Å². The minimum atomic E-state index is -0.369. The Morgan fingerprint density at radius 2 is 1.90 bits per heavy atom. The van der Waals surface area contributed by atoms with Gasteiger partial charge >= 0.3 is 6.09 Å². The zero-order valence-electron chi connectivity index (χ0n) is 12.4. The minimum Gasteiger partial charge on any atom is -0.493 e. The van der Waals surface area contributed by atoms with Gasteiger partial charge in [-0.25, -0.2) is 4.79 Å². The van der Waals surface area contributed by atoms with Gasteiger partial charge in [0.2, 0.25) is 5.75 Å². The Bertz CT molecular complexity index is 518. The highest BCUT2D eigenvalue weighted by Gasteiger charge is 2.32. The maximum Gasteiger partial charge on any atom is 0.410 e. The highest BCUT2D eigenvalue weighted by Crippen LogP contribution is 2.41. The Hall–Kier alpha value is -2.37. The highest BCUT2D eigenvalue weighted by atomic mass is 16.6. The van der Waals surface area contributed by atoms with Crippen LogP contribution in [0.3, 0.4) is 0 Å². The summed E-state index contributed by atoms with van der Waals surface area (Å²) in [5, 5.41) is 0. The molecule has 21 heavy (non-hydrogen) atoms. The first kappa shape index (κ1) is 15.0. The van der Waals surface area contributed by atoms with Crippen LogP contribution in [0.4, 0.5) is 4.79 Å². The third kappa shape index (κ3) is 2.89. The molecule has 1 aromatic rings. The molecular weight excluding hydrogens is 274 g/mol. The van der Waals surface area contributed by atoms with Crippen LogP contribution in [0.1, 0.15) is 11.7 Å². The summed E-state index contributed by atoms with van der Waals surface area (Å²) in [5.41, 5.74) is 0.796. The lowest BCUT2D eigenvalue weighted by molar-refractivity contribution is 0.133. The molecule has 1 saturated heterocycles. The van der Waals surface area contributed by atoms with Gasteiger partial charge in [-0.05, 0) is 12.1 Å². The van der Waals surface area contributed by atoms with Crippen molar-refractivity contribution in [2.75, 3.05) is 34.4 Å². The molecule has 1 aromatic carbocycles. The number of ether oxygens (including phenoxy) is 4. The van der Waals surface area contributed by atoms with Gasteiger partial charge in [0.25, 0.3) is 0 Å². The molecule has 1 amide bonds. The average Bonchev–Trinajstić information content (AvgIpc) is 2.87. The predicted octanol–water partition coefficient (Wildman–Crippen LogP) is 2.39. The zero-order chi connectivity index (χ0) is 15.4. The lowest BCUT2D eigenvalue weighted by atomic mass is 10.1. The Balaban J connectivity index is 2.32. The van der Waals surface area contributed by atoms with Crippen molar-refractivity contribution in [3.63, 3.8) is 0 Å². The first-order valence-electron chi connectivity index (χ1n) is 6.51. The van der Waals surface area contributed by atoms with Gasteiger partial charge in [0.05, 0.1) is 27.9 Å². The van der Waals surface area contributed by atoms with Crippen LogP contribution in [0.25, 0.3) is 0 Å². The molecule has 0 radical (unpaired) electrons. The predicted molar refractivity (Wildman–Crippen MR) is 77.1 cm³/mol. The van der Waals surface area contributed by atoms with Gasteiger partial charge in [-0.3, -0.25) is 0 Å². The second-order valence-corrected chi connectivity index (χ2v) is 4.52. The third-order valence-electron chi connectivity index (χ3n) is 3.30. The largest absolute Gasteiger partial charge is 0.493 e. The van der Waals surface area contributed by atoms with E-state index in [1.165, 1.54) is 0 Å². The lowest BCUT2D eigenvalue weighted by Crippen LogP contribution is -2.24. The maximum atomic E-state index is 11.7. The number of carbonyl (C=O) groups excluding carboxylic acids is 1. The molecule has 1 heterocycles. The van der Waals surface area contributed by atoms with Crippen LogP contribution < -0.4 is 14.2 Å². The maximum absolute atomic E-state index is 11.7. The Morgan fingerprint density at radius 1 is 1.29 bits per heavy atom. The monoisotopic (exact) mass is 293 g/mol. The van der Waals surface area contributed by atoms with E-state index in [4.69, 9.17) is 18.9 Å². The van der Waals surface area contributed by atoms with E-state index in [-0.39, 0.29) is 12.2 Å². The van der Waals surface area contributed by atoms with Crippen molar-refractivity contribution >= 4 is 6.09 Å². The molecule has 1 atom stereocenters. The molecule has 114 valence electrons. The van der Waals surface area contributed by atoms with E-state index in [9.17, 15) is 4.79 Å². The van der Waals surface area contributed by atoms with Gasteiger partial charge in [-0.2, -0.15) is 0 Å². The van der Waals surface area contributed by atoms with E-state index in [0.29, 0.717) is 30.3 Å². The summed E-state index contributed by atoms with van der Waals surface area (Å²) >= 11 is 0. The van der Waals surface area contributed by atoms with Crippen LogP contribution in [0.5, 0.6) is 17.2 Å². The molecule has 0 spiro atoms. The molecule has 6 heteroatoms. The fourth-order valence-corrected chi connectivity index (χ4v) is 2.27. The van der Waals surface area contributed by atoms with Gasteiger partial charge < -0.3 is 23.8 Å². The number of rotatable bonds is 6. The molecule has 1 aliphatic rings. The lowest BCUT2D eigenvalue weighted by Gasteiger charge is -2.16. The molecule has 0 bridgehead atoms. The summed E-state index contributed by atoms with van der Waals surface area (Å²) in [6, 6.07) is 3.58. The fourth-order valence-electron chi connectivity index (χ4n) is 2.27. The molecule has 0 N–H and O–H groups in total. The zero-order valence-corrected chi connectivity index (χ0v) is 12.4. The summed E-state index contributed by atoms with van der Waals surface area (Å²) in [7, 11) is 4.64. The topological polar surface area (TPSA) is 57.2 Å². The molecular formula is C15H19NO5. The fraction of sp³-hybridized carbons (Fsp3) is 0.400. The van der Waals surface area contributed by atoms with E-state index < -0.39 is 0 Å². The number of hydrogen-bond acceptors (Lipinski definition) is 5. The van der Waals surface area contributed by atoms with Crippen LogP contribution in [0.2, 0.25) is 0 Å². The third-order valence-corrected chi connectivity index (χ3v) is 3.30. The van der Waals surface area contributed by atoms with Crippen molar-refractivity contribution in [3.05, 3.63) is 30.4 Å². The second-order valence-electron chi connectivity index (χ2n) is 4.52. The second kappa shape index (κ2) is 6.39. The number of methoxy groups -OCH3 is 3. The van der Waals surface area contributed by atoms with Crippen LogP contribution in [0.15, 0.2) is 24.8 Å². The van der Waals surface area contributed by atoms with Crippen molar-refractivity contribution in [1.29, 1.82) is 0 Å². The summed E-state index contributed by atoms with van der Waals surface area (Å²) < 4.78 is 21.3. The summed E-state index contributed by atoms with van der Waals surface area (Å²) in [6.07, 6.45) is 0.943. The van der Waals surface area contributed by atoms with Crippen molar-refractivity contribution in [2.45, 2.75) is 6.10 Å². The average molecular weight is 293 g/mol. The van der Waals surface area contributed by atoms with Crippen molar-refractivity contribution in [3.8, 4) is 17.2 Å². The highest BCUT2D eigenvalue weighted by molar-refractivity contribution is 5.70. The van der Waals surface area contributed by atoms with Gasteiger partial charge in [0.1, 0.15) is 6.10 Å². The molecule has 1 fully saturated rings. The van der Waals surface area contributed by atoms with Crippen molar-refractivity contribution in [1.82, 2.24) is 4.90 Å². The number of amides is 1. The first-order chi connectivity index (χ1) is 10.1. The minimum absolute atomic E-state index is 0.353. The Kier molecular flexibility index (Phi) is 4.57. The number of benzene rings is 1. The number of cyclic esters (lactones) is 1.